The van der Waals surface area contributed by atoms with Crippen molar-refractivity contribution >= 4 is 17.6 Å². The zero-order valence-corrected chi connectivity index (χ0v) is 14.1. The number of carbonyl (C=O) groups excluding carboxylic acids is 2. The Kier molecular flexibility index (Phi) is 6.38. The number of anilines is 1. The fraction of sp³-hybridized carbons (Fsp3) is 0.263. The second-order valence-electron chi connectivity index (χ2n) is 5.57. The van der Waals surface area contributed by atoms with E-state index < -0.39 is 29.2 Å². The van der Waals surface area contributed by atoms with Crippen LogP contribution in [0.3, 0.4) is 0 Å². The van der Waals surface area contributed by atoms with Crippen molar-refractivity contribution < 1.29 is 27.5 Å². The van der Waals surface area contributed by atoms with E-state index in [2.05, 4.69) is 5.32 Å². The molecule has 0 saturated heterocycles. The summed E-state index contributed by atoms with van der Waals surface area (Å²) in [6.45, 7) is 2.24. The van der Waals surface area contributed by atoms with Crippen molar-refractivity contribution in [3.8, 4) is 0 Å². The first-order valence-corrected chi connectivity index (χ1v) is 8.07. The molecule has 2 aromatic carbocycles. The zero-order valence-electron chi connectivity index (χ0n) is 14.1. The van der Waals surface area contributed by atoms with E-state index in [0.717, 1.165) is 25.0 Å². The van der Waals surface area contributed by atoms with Gasteiger partial charge in [0.05, 0.1) is 23.3 Å². The number of esters is 1. The molecule has 0 heterocycles. The molecule has 0 radical (unpaired) electrons. The summed E-state index contributed by atoms with van der Waals surface area (Å²) in [6.07, 6.45) is -3.03. The average Bonchev–Trinajstić information content (AvgIpc) is 2.61. The van der Waals surface area contributed by atoms with Crippen LogP contribution in [0, 0.1) is 0 Å². The van der Waals surface area contributed by atoms with Gasteiger partial charge in [-0.25, -0.2) is 4.79 Å². The zero-order chi connectivity index (χ0) is 19.2. The third-order valence-electron chi connectivity index (χ3n) is 3.56. The molecular weight excluding hydrogens is 347 g/mol. The van der Waals surface area contributed by atoms with E-state index >= 15 is 0 Å². The quantitative estimate of drug-likeness (QED) is 0.584. The van der Waals surface area contributed by atoms with Crippen LogP contribution in [0.15, 0.2) is 48.5 Å². The van der Waals surface area contributed by atoms with E-state index in [9.17, 15) is 22.8 Å². The topological polar surface area (TPSA) is 55.4 Å². The molecule has 7 heteroatoms. The Hall–Kier alpha value is -2.83. The SMILES string of the molecule is CCCCOC(=O)c1cccc(NC(=O)c2ccccc2C(F)(F)F)c1. The number of rotatable bonds is 6. The van der Waals surface area contributed by atoms with Crippen LogP contribution in [-0.2, 0) is 10.9 Å². The monoisotopic (exact) mass is 365 g/mol. The van der Waals surface area contributed by atoms with Gasteiger partial charge in [0.2, 0.25) is 0 Å². The van der Waals surface area contributed by atoms with Crippen molar-refractivity contribution in [1.29, 1.82) is 0 Å². The number of unbranched alkanes of at least 4 members (excludes halogenated alkanes) is 1. The van der Waals surface area contributed by atoms with E-state index in [1.165, 1.54) is 36.4 Å². The molecule has 138 valence electrons. The van der Waals surface area contributed by atoms with Gasteiger partial charge >= 0.3 is 12.1 Å². The molecule has 26 heavy (non-hydrogen) atoms. The maximum absolute atomic E-state index is 13.0. The van der Waals surface area contributed by atoms with E-state index in [1.807, 2.05) is 6.92 Å². The van der Waals surface area contributed by atoms with Gasteiger partial charge in [0.1, 0.15) is 0 Å². The molecule has 0 unspecified atom stereocenters. The highest BCUT2D eigenvalue weighted by atomic mass is 19.4. The first-order chi connectivity index (χ1) is 12.3. The Bertz CT molecular complexity index is 788. The molecule has 0 atom stereocenters. The smallest absolute Gasteiger partial charge is 0.417 e. The Morgan fingerprint density at radius 1 is 1.08 bits per heavy atom. The predicted octanol–water partition coefficient (Wildman–Crippen LogP) is 4.91. The first-order valence-electron chi connectivity index (χ1n) is 8.07. The highest BCUT2D eigenvalue weighted by Gasteiger charge is 2.34. The number of nitrogens with one attached hydrogen (secondary N) is 1. The molecular formula is C19H18F3NO3. The van der Waals surface area contributed by atoms with Gasteiger partial charge in [-0.2, -0.15) is 13.2 Å². The van der Waals surface area contributed by atoms with Gasteiger partial charge in [-0.15, -0.1) is 0 Å². The van der Waals surface area contributed by atoms with Crippen LogP contribution in [0.2, 0.25) is 0 Å². The molecule has 0 aromatic heterocycles. The lowest BCUT2D eigenvalue weighted by Crippen LogP contribution is -2.18. The number of ether oxygens (including phenoxy) is 1. The molecule has 4 nitrogen and oxygen atoms in total. The number of halogens is 3. The fourth-order valence-corrected chi connectivity index (χ4v) is 2.24. The highest BCUT2D eigenvalue weighted by molar-refractivity contribution is 6.06. The summed E-state index contributed by atoms with van der Waals surface area (Å²) >= 11 is 0. The van der Waals surface area contributed by atoms with Crippen molar-refractivity contribution in [2.75, 3.05) is 11.9 Å². The summed E-state index contributed by atoms with van der Waals surface area (Å²) in [5, 5.41) is 2.39. The summed E-state index contributed by atoms with van der Waals surface area (Å²) in [4.78, 5) is 24.2. The van der Waals surface area contributed by atoms with E-state index in [1.54, 1.807) is 0 Å². The van der Waals surface area contributed by atoms with Gasteiger partial charge in [-0.1, -0.05) is 31.5 Å². The van der Waals surface area contributed by atoms with Crippen molar-refractivity contribution in [2.24, 2.45) is 0 Å². The minimum atomic E-state index is -4.64. The predicted molar refractivity (Wildman–Crippen MR) is 91.0 cm³/mol. The summed E-state index contributed by atoms with van der Waals surface area (Å²) in [5.74, 6) is -1.46. The lowest BCUT2D eigenvalue weighted by atomic mass is 10.1. The number of amides is 1. The molecule has 2 aromatic rings. The van der Waals surface area contributed by atoms with Crippen LogP contribution in [0.25, 0.3) is 0 Å². The Labute approximate surface area is 149 Å². The van der Waals surface area contributed by atoms with Crippen molar-refractivity contribution in [3.63, 3.8) is 0 Å². The Balaban J connectivity index is 2.16. The average molecular weight is 365 g/mol. The standard InChI is InChI=1S/C19H18F3NO3/c1-2-3-11-26-18(25)13-7-6-8-14(12-13)23-17(24)15-9-4-5-10-16(15)19(20,21)22/h4-10,12H,2-3,11H2,1H3,(H,23,24). The maximum Gasteiger partial charge on any atom is 0.417 e. The number of hydrogen-bond acceptors (Lipinski definition) is 3. The maximum atomic E-state index is 13.0. The summed E-state index contributed by atoms with van der Waals surface area (Å²) in [7, 11) is 0. The summed E-state index contributed by atoms with van der Waals surface area (Å²) in [6, 6.07) is 10.4. The van der Waals surface area contributed by atoms with E-state index in [4.69, 9.17) is 4.74 Å². The van der Waals surface area contributed by atoms with Crippen molar-refractivity contribution in [3.05, 3.63) is 65.2 Å². The third-order valence-corrected chi connectivity index (χ3v) is 3.56. The lowest BCUT2D eigenvalue weighted by Gasteiger charge is -2.13. The molecule has 0 fully saturated rings. The molecule has 1 N–H and O–H groups in total. The molecule has 0 aliphatic rings. The molecule has 0 bridgehead atoms. The minimum absolute atomic E-state index is 0.205. The van der Waals surface area contributed by atoms with Gasteiger partial charge in [-0.3, -0.25) is 4.79 Å². The second kappa shape index (κ2) is 8.51. The fourth-order valence-electron chi connectivity index (χ4n) is 2.24. The number of hydrogen-bond donors (Lipinski definition) is 1. The van der Waals surface area contributed by atoms with E-state index in [0.29, 0.717) is 0 Å². The molecule has 0 aliphatic heterocycles. The number of alkyl halides is 3. The van der Waals surface area contributed by atoms with Crippen LogP contribution < -0.4 is 5.32 Å². The van der Waals surface area contributed by atoms with Crippen LogP contribution in [-0.4, -0.2) is 18.5 Å². The Morgan fingerprint density at radius 2 is 1.81 bits per heavy atom. The Morgan fingerprint density at radius 3 is 2.50 bits per heavy atom. The number of benzene rings is 2. The van der Waals surface area contributed by atoms with Gasteiger partial charge < -0.3 is 10.1 Å². The third kappa shape index (κ3) is 5.08. The van der Waals surface area contributed by atoms with Gasteiger partial charge in [0.15, 0.2) is 0 Å². The van der Waals surface area contributed by atoms with Gasteiger partial charge in [-0.05, 0) is 36.8 Å². The molecule has 0 spiro atoms. The van der Waals surface area contributed by atoms with Crippen LogP contribution in [0.1, 0.15) is 46.0 Å². The van der Waals surface area contributed by atoms with E-state index in [-0.39, 0.29) is 17.9 Å². The lowest BCUT2D eigenvalue weighted by molar-refractivity contribution is -0.137. The molecule has 0 saturated carbocycles. The van der Waals surface area contributed by atoms with Gasteiger partial charge in [0, 0.05) is 5.69 Å². The van der Waals surface area contributed by atoms with Crippen LogP contribution in [0.4, 0.5) is 18.9 Å². The summed E-state index contributed by atoms with van der Waals surface area (Å²) < 4.78 is 44.1. The minimum Gasteiger partial charge on any atom is -0.462 e. The summed E-state index contributed by atoms with van der Waals surface area (Å²) in [5.41, 5.74) is -1.09. The first kappa shape index (κ1) is 19.5. The molecule has 0 aliphatic carbocycles. The highest BCUT2D eigenvalue weighted by Crippen LogP contribution is 2.32. The normalized spacial score (nSPS) is 11.1. The largest absolute Gasteiger partial charge is 0.462 e. The van der Waals surface area contributed by atoms with Crippen molar-refractivity contribution in [1.82, 2.24) is 0 Å². The number of carbonyl (C=O) groups is 2. The van der Waals surface area contributed by atoms with Crippen LogP contribution in [0.5, 0.6) is 0 Å². The molecule has 2 rings (SSSR count). The van der Waals surface area contributed by atoms with Gasteiger partial charge in [0.25, 0.3) is 5.91 Å². The van der Waals surface area contributed by atoms with Crippen molar-refractivity contribution in [2.45, 2.75) is 25.9 Å². The molecule has 1 amide bonds. The van der Waals surface area contributed by atoms with Crippen LogP contribution >= 0.6 is 0 Å². The second-order valence-corrected chi connectivity index (χ2v) is 5.57.